The van der Waals surface area contributed by atoms with Gasteiger partial charge in [-0.3, -0.25) is 0 Å². The molecule has 2 aromatic rings. The Morgan fingerprint density at radius 2 is 1.80 bits per heavy atom. The maximum Gasteiger partial charge on any atom is 0.221 e. The zero-order chi connectivity index (χ0) is 17.9. The lowest BCUT2D eigenvalue weighted by atomic mass is 10.2. The Morgan fingerprint density at radius 3 is 2.48 bits per heavy atom. The summed E-state index contributed by atoms with van der Waals surface area (Å²) in [6, 6.07) is 15.4. The van der Waals surface area contributed by atoms with Crippen LogP contribution in [0.2, 0.25) is 0 Å². The lowest BCUT2D eigenvalue weighted by molar-refractivity contribution is 0.351. The molecule has 4 nitrogen and oxygen atoms in total. The Kier molecular flexibility index (Phi) is 7.57. The summed E-state index contributed by atoms with van der Waals surface area (Å²) in [6.45, 7) is 2.63. The molecule has 0 heterocycles. The molecule has 2 rings (SSSR count). The predicted octanol–water partition coefficient (Wildman–Crippen LogP) is 5.16. The van der Waals surface area contributed by atoms with Crippen LogP contribution in [0.5, 0.6) is 11.5 Å². The van der Waals surface area contributed by atoms with Crippen molar-refractivity contribution in [3.05, 3.63) is 66.2 Å². The van der Waals surface area contributed by atoms with E-state index in [-0.39, 0.29) is 0 Å². The molecular formula is C21H25NO3. The van der Waals surface area contributed by atoms with Crippen molar-refractivity contribution in [2.24, 2.45) is 4.99 Å². The van der Waals surface area contributed by atoms with E-state index in [0.717, 1.165) is 24.2 Å². The second-order valence-corrected chi connectivity index (χ2v) is 5.39. The number of methoxy groups -OCH3 is 2. The van der Waals surface area contributed by atoms with Gasteiger partial charge in [0.1, 0.15) is 23.8 Å². The number of allylic oxidation sites excluding steroid dienone is 1. The van der Waals surface area contributed by atoms with Crippen LogP contribution in [0.1, 0.15) is 25.3 Å². The molecule has 0 N–H and O–H groups in total. The fraction of sp³-hybridized carbons (Fsp3) is 0.286. The van der Waals surface area contributed by atoms with Gasteiger partial charge in [-0.25, -0.2) is 4.99 Å². The minimum absolute atomic E-state index is 0.478. The second kappa shape index (κ2) is 10.2. The summed E-state index contributed by atoms with van der Waals surface area (Å²) < 4.78 is 16.6. The first-order valence-corrected chi connectivity index (χ1v) is 8.42. The number of ether oxygens (including phenoxy) is 3. The van der Waals surface area contributed by atoms with Gasteiger partial charge in [-0.15, -0.1) is 0 Å². The van der Waals surface area contributed by atoms with Gasteiger partial charge >= 0.3 is 0 Å². The molecule has 0 fully saturated rings. The van der Waals surface area contributed by atoms with Crippen LogP contribution in [0, 0.1) is 0 Å². The van der Waals surface area contributed by atoms with Gasteiger partial charge in [-0.1, -0.05) is 43.7 Å². The number of hydrogen-bond acceptors (Lipinski definition) is 4. The van der Waals surface area contributed by atoms with Crippen LogP contribution in [0.25, 0.3) is 0 Å². The van der Waals surface area contributed by atoms with Crippen molar-refractivity contribution in [2.45, 2.75) is 19.8 Å². The first-order chi connectivity index (χ1) is 12.3. The highest BCUT2D eigenvalue weighted by Gasteiger charge is 2.09. The lowest BCUT2D eigenvalue weighted by Gasteiger charge is -2.11. The second-order valence-electron chi connectivity index (χ2n) is 5.39. The number of nitrogens with zero attached hydrogens (tertiary/aromatic N) is 1. The summed E-state index contributed by atoms with van der Waals surface area (Å²) in [4.78, 5) is 4.67. The van der Waals surface area contributed by atoms with Crippen molar-refractivity contribution < 1.29 is 14.2 Å². The third-order valence-corrected chi connectivity index (χ3v) is 3.57. The molecule has 0 unspecified atom stereocenters. The SMILES string of the molecule is CCCC=CCOC(=Nc1ccc(OC)cc1OC)c1ccccc1. The quantitative estimate of drug-likeness (QED) is 0.379. The number of hydrogen-bond donors (Lipinski definition) is 0. The van der Waals surface area contributed by atoms with Crippen molar-refractivity contribution >= 4 is 11.6 Å². The first kappa shape index (κ1) is 18.6. The van der Waals surface area contributed by atoms with E-state index in [9.17, 15) is 0 Å². The minimum atomic E-state index is 0.478. The highest BCUT2D eigenvalue weighted by atomic mass is 16.5. The fourth-order valence-electron chi connectivity index (χ4n) is 2.23. The van der Waals surface area contributed by atoms with E-state index in [1.165, 1.54) is 0 Å². The average molecular weight is 339 g/mol. The standard InChI is InChI=1S/C21H25NO3/c1-4-5-6-10-15-25-21(17-11-8-7-9-12-17)22-19-14-13-18(23-2)16-20(19)24-3/h6-14,16H,4-5,15H2,1-3H3. The normalized spacial score (nSPS) is 11.6. The molecule has 4 heteroatoms. The molecule has 2 aromatic carbocycles. The van der Waals surface area contributed by atoms with Crippen LogP contribution in [0.15, 0.2) is 65.7 Å². The highest BCUT2D eigenvalue weighted by Crippen LogP contribution is 2.32. The fourth-order valence-corrected chi connectivity index (χ4v) is 2.23. The first-order valence-electron chi connectivity index (χ1n) is 8.42. The van der Waals surface area contributed by atoms with E-state index >= 15 is 0 Å². The Hall–Kier alpha value is -2.75. The molecule has 0 spiro atoms. The molecule has 0 aromatic heterocycles. The van der Waals surface area contributed by atoms with Gasteiger partial charge in [0.2, 0.25) is 5.90 Å². The largest absolute Gasteiger partial charge is 0.497 e. The van der Waals surface area contributed by atoms with Crippen LogP contribution < -0.4 is 9.47 Å². The maximum atomic E-state index is 5.91. The monoisotopic (exact) mass is 339 g/mol. The van der Waals surface area contributed by atoms with Crippen LogP contribution in [0.3, 0.4) is 0 Å². The highest BCUT2D eigenvalue weighted by molar-refractivity contribution is 5.96. The van der Waals surface area contributed by atoms with Crippen LogP contribution in [-0.2, 0) is 4.74 Å². The summed E-state index contributed by atoms with van der Waals surface area (Å²) >= 11 is 0. The molecule has 0 amide bonds. The minimum Gasteiger partial charge on any atom is -0.497 e. The van der Waals surface area contributed by atoms with Gasteiger partial charge in [-0.2, -0.15) is 0 Å². The van der Waals surface area contributed by atoms with E-state index in [1.807, 2.05) is 54.6 Å². The number of rotatable bonds is 8. The molecule has 0 atom stereocenters. The van der Waals surface area contributed by atoms with Gasteiger partial charge in [0.05, 0.1) is 14.2 Å². The predicted molar refractivity (Wildman–Crippen MR) is 102 cm³/mol. The van der Waals surface area contributed by atoms with Gasteiger partial charge in [0.25, 0.3) is 0 Å². The topological polar surface area (TPSA) is 40.0 Å². The van der Waals surface area contributed by atoms with Gasteiger partial charge in [-0.05, 0) is 30.7 Å². The molecule has 0 aliphatic carbocycles. The average Bonchev–Trinajstić information content (AvgIpc) is 2.67. The Balaban J connectivity index is 2.29. The van der Waals surface area contributed by atoms with E-state index < -0.39 is 0 Å². The zero-order valence-corrected chi connectivity index (χ0v) is 15.1. The van der Waals surface area contributed by atoms with E-state index in [0.29, 0.717) is 23.9 Å². The zero-order valence-electron chi connectivity index (χ0n) is 15.1. The Bertz CT molecular complexity index is 708. The van der Waals surface area contributed by atoms with Crippen molar-refractivity contribution in [3.8, 4) is 11.5 Å². The van der Waals surface area contributed by atoms with Gasteiger partial charge in [0, 0.05) is 11.6 Å². The molecule has 132 valence electrons. The molecule has 0 saturated heterocycles. The number of unbranched alkanes of at least 4 members (excludes halogenated alkanes) is 1. The van der Waals surface area contributed by atoms with E-state index in [4.69, 9.17) is 14.2 Å². The van der Waals surface area contributed by atoms with Crippen LogP contribution >= 0.6 is 0 Å². The van der Waals surface area contributed by atoms with Crippen molar-refractivity contribution in [3.63, 3.8) is 0 Å². The molecule has 0 radical (unpaired) electrons. The lowest BCUT2D eigenvalue weighted by Crippen LogP contribution is -2.06. The molecular weight excluding hydrogens is 314 g/mol. The van der Waals surface area contributed by atoms with Gasteiger partial charge in [0.15, 0.2) is 0 Å². The van der Waals surface area contributed by atoms with Crippen LogP contribution in [0.4, 0.5) is 5.69 Å². The Labute approximate surface area is 149 Å². The molecule has 25 heavy (non-hydrogen) atoms. The smallest absolute Gasteiger partial charge is 0.221 e. The third-order valence-electron chi connectivity index (χ3n) is 3.57. The summed E-state index contributed by atoms with van der Waals surface area (Å²) in [6.07, 6.45) is 6.32. The van der Waals surface area contributed by atoms with E-state index in [2.05, 4.69) is 18.0 Å². The summed E-state index contributed by atoms with van der Waals surface area (Å²) in [5, 5.41) is 0. The van der Waals surface area contributed by atoms with E-state index in [1.54, 1.807) is 14.2 Å². The summed E-state index contributed by atoms with van der Waals surface area (Å²) in [5.74, 6) is 1.92. The third kappa shape index (κ3) is 5.68. The molecule has 0 saturated carbocycles. The number of benzene rings is 2. The Morgan fingerprint density at radius 1 is 1.00 bits per heavy atom. The van der Waals surface area contributed by atoms with Crippen LogP contribution in [-0.4, -0.2) is 26.7 Å². The van der Waals surface area contributed by atoms with Crippen molar-refractivity contribution in [1.82, 2.24) is 0 Å². The summed E-state index contributed by atoms with van der Waals surface area (Å²) in [7, 11) is 3.24. The van der Waals surface area contributed by atoms with Gasteiger partial charge < -0.3 is 14.2 Å². The van der Waals surface area contributed by atoms with Crippen molar-refractivity contribution in [1.29, 1.82) is 0 Å². The molecule has 0 aliphatic heterocycles. The number of aliphatic imine (C=N–C) groups is 1. The summed E-state index contributed by atoms with van der Waals surface area (Å²) in [5.41, 5.74) is 1.61. The molecule has 0 bridgehead atoms. The van der Waals surface area contributed by atoms with Crippen molar-refractivity contribution in [2.75, 3.05) is 20.8 Å². The molecule has 0 aliphatic rings. The maximum absolute atomic E-state index is 5.91.